The van der Waals surface area contributed by atoms with Gasteiger partial charge in [-0.25, -0.2) is 0 Å². The van der Waals surface area contributed by atoms with Crippen molar-refractivity contribution in [3.8, 4) is 0 Å². The Morgan fingerprint density at radius 2 is 0.933 bits per heavy atom. The van der Waals surface area contributed by atoms with Gasteiger partial charge in [0.2, 0.25) is 17.8 Å². The molecule has 1 rings (SSSR count). The number of hydrogen-bond acceptors (Lipinski definition) is 9. The van der Waals surface area contributed by atoms with Crippen molar-refractivity contribution < 1.29 is 41.7 Å². The van der Waals surface area contributed by atoms with Crippen molar-refractivity contribution in [2.45, 2.75) is 19.3 Å². The minimum absolute atomic E-state index is 0.0298. The van der Waals surface area contributed by atoms with Gasteiger partial charge >= 0.3 is 12.4 Å². The fourth-order valence-corrected chi connectivity index (χ4v) is 2.46. The average Bonchev–Trinajstić information content (AvgIpc) is 2.63. The molecule has 0 radical (unpaired) electrons. The number of anilines is 3. The van der Waals surface area contributed by atoms with Gasteiger partial charge in [0.15, 0.2) is 0 Å². The molecule has 9 nitrogen and oxygen atoms in total. The van der Waals surface area contributed by atoms with Gasteiger partial charge in [-0.05, 0) is 6.92 Å². The van der Waals surface area contributed by atoms with E-state index in [0.717, 1.165) is 0 Å². The van der Waals surface area contributed by atoms with Crippen LogP contribution < -0.4 is 14.7 Å². The predicted octanol–water partition coefficient (Wildman–Crippen LogP) is 0.412. The lowest BCUT2D eigenvalue weighted by atomic mass is 10.4. The van der Waals surface area contributed by atoms with E-state index in [-0.39, 0.29) is 25.6 Å². The van der Waals surface area contributed by atoms with E-state index in [1.54, 1.807) is 6.92 Å². The van der Waals surface area contributed by atoms with Crippen LogP contribution in [0.1, 0.15) is 6.92 Å². The van der Waals surface area contributed by atoms with Crippen LogP contribution >= 0.6 is 0 Å². The van der Waals surface area contributed by atoms with Gasteiger partial charge in [-0.1, -0.05) is 0 Å². The Labute approximate surface area is 168 Å². The lowest BCUT2D eigenvalue weighted by molar-refractivity contribution is -0.120. The number of likely N-dealkylation sites (N-methyl/N-ethyl adjacent to an activating group) is 1. The van der Waals surface area contributed by atoms with Crippen molar-refractivity contribution in [2.24, 2.45) is 0 Å². The van der Waals surface area contributed by atoms with E-state index in [2.05, 4.69) is 15.0 Å². The SMILES string of the molecule is CCN(CCO)c1nc(N(CCO)CC(F)(F)F)nc(N(CCO)CC(F)(F)F)n1. The Balaban J connectivity index is 3.52. The summed E-state index contributed by atoms with van der Waals surface area (Å²) in [5, 5.41) is 27.4. The first kappa shape index (κ1) is 25.9. The van der Waals surface area contributed by atoms with Gasteiger partial charge in [0.25, 0.3) is 0 Å². The van der Waals surface area contributed by atoms with Crippen LogP contribution in [0.4, 0.5) is 44.2 Å². The molecule has 174 valence electrons. The second-order valence-electron chi connectivity index (χ2n) is 6.06. The third-order valence-corrected chi connectivity index (χ3v) is 3.68. The molecule has 0 aliphatic carbocycles. The molecule has 0 atom stereocenters. The number of halogens is 6. The Hall–Kier alpha value is -2.13. The summed E-state index contributed by atoms with van der Waals surface area (Å²) < 4.78 is 77.6. The molecule has 1 aromatic heterocycles. The van der Waals surface area contributed by atoms with Crippen molar-refractivity contribution >= 4 is 17.8 Å². The maximum absolute atomic E-state index is 12.9. The minimum Gasteiger partial charge on any atom is -0.395 e. The number of aliphatic hydroxyl groups is 3. The highest BCUT2D eigenvalue weighted by Gasteiger charge is 2.34. The zero-order valence-corrected chi connectivity index (χ0v) is 16.2. The van der Waals surface area contributed by atoms with Gasteiger partial charge in [0, 0.05) is 26.2 Å². The van der Waals surface area contributed by atoms with E-state index in [1.165, 1.54) is 4.90 Å². The standard InChI is InChI=1S/C15H24F6N6O3/c1-2-25(3-6-28)11-22-12(26(4-7-29)9-14(16,17)18)24-13(23-11)27(5-8-30)10-15(19,20)21/h28-30H,2-10H2,1H3. The van der Waals surface area contributed by atoms with Crippen LogP contribution in [-0.4, -0.2) is 102 Å². The average molecular weight is 450 g/mol. The van der Waals surface area contributed by atoms with Crippen LogP contribution in [-0.2, 0) is 0 Å². The summed E-state index contributed by atoms with van der Waals surface area (Å²) >= 11 is 0. The highest BCUT2D eigenvalue weighted by molar-refractivity contribution is 5.47. The Bertz CT molecular complexity index is 604. The summed E-state index contributed by atoms with van der Waals surface area (Å²) in [6.45, 7) is -4.13. The van der Waals surface area contributed by atoms with Crippen LogP contribution in [0.15, 0.2) is 0 Å². The van der Waals surface area contributed by atoms with E-state index in [4.69, 9.17) is 15.3 Å². The van der Waals surface area contributed by atoms with Gasteiger partial charge in [-0.15, -0.1) is 0 Å². The third kappa shape index (κ3) is 8.71. The van der Waals surface area contributed by atoms with Gasteiger partial charge in [-0.2, -0.15) is 41.3 Å². The van der Waals surface area contributed by atoms with Crippen molar-refractivity contribution in [1.29, 1.82) is 0 Å². The number of nitrogens with zero attached hydrogens (tertiary/aromatic N) is 6. The molecule has 3 N–H and O–H groups in total. The summed E-state index contributed by atoms with van der Waals surface area (Å²) in [6.07, 6.45) is -9.40. The molecule has 30 heavy (non-hydrogen) atoms. The van der Waals surface area contributed by atoms with Crippen molar-refractivity contribution in [3.63, 3.8) is 0 Å². The minimum atomic E-state index is -4.70. The molecule has 0 unspecified atom stereocenters. The maximum atomic E-state index is 12.9. The Morgan fingerprint density at radius 1 is 0.633 bits per heavy atom. The van der Waals surface area contributed by atoms with Gasteiger partial charge < -0.3 is 30.0 Å². The molecule has 1 aromatic rings. The summed E-state index contributed by atoms with van der Waals surface area (Å²) in [4.78, 5) is 14.0. The quantitative estimate of drug-likeness (QED) is 0.390. The summed E-state index contributed by atoms with van der Waals surface area (Å²) in [5.41, 5.74) is 0. The molecular weight excluding hydrogens is 426 g/mol. The lowest BCUT2D eigenvalue weighted by Gasteiger charge is -2.28. The smallest absolute Gasteiger partial charge is 0.395 e. The highest BCUT2D eigenvalue weighted by atomic mass is 19.4. The molecule has 0 amide bonds. The Kier molecular flexibility index (Phi) is 9.77. The maximum Gasteiger partial charge on any atom is 0.406 e. The van der Waals surface area contributed by atoms with E-state index < -0.39 is 63.6 Å². The van der Waals surface area contributed by atoms with Crippen LogP contribution in [0.2, 0.25) is 0 Å². The van der Waals surface area contributed by atoms with Gasteiger partial charge in [0.05, 0.1) is 19.8 Å². The molecular formula is C15H24F6N6O3. The largest absolute Gasteiger partial charge is 0.406 e. The molecule has 0 aromatic carbocycles. The molecule has 0 saturated heterocycles. The lowest BCUT2D eigenvalue weighted by Crippen LogP contribution is -2.40. The fourth-order valence-electron chi connectivity index (χ4n) is 2.46. The van der Waals surface area contributed by atoms with Crippen molar-refractivity contribution in [2.75, 3.05) is 73.8 Å². The highest BCUT2D eigenvalue weighted by Crippen LogP contribution is 2.25. The summed E-state index contributed by atoms with van der Waals surface area (Å²) in [6, 6.07) is 0. The van der Waals surface area contributed by atoms with Gasteiger partial charge in [0.1, 0.15) is 13.1 Å². The number of hydrogen-bond donors (Lipinski definition) is 3. The number of rotatable bonds is 12. The molecule has 0 spiro atoms. The van der Waals surface area contributed by atoms with Crippen LogP contribution in [0.3, 0.4) is 0 Å². The van der Waals surface area contributed by atoms with Crippen molar-refractivity contribution in [3.05, 3.63) is 0 Å². The number of aliphatic hydroxyl groups excluding tert-OH is 3. The second-order valence-corrected chi connectivity index (χ2v) is 6.06. The van der Waals surface area contributed by atoms with Crippen LogP contribution in [0.5, 0.6) is 0 Å². The van der Waals surface area contributed by atoms with Gasteiger partial charge in [-0.3, -0.25) is 0 Å². The van der Waals surface area contributed by atoms with Crippen LogP contribution in [0.25, 0.3) is 0 Å². The first-order valence-electron chi connectivity index (χ1n) is 8.91. The van der Waals surface area contributed by atoms with Crippen LogP contribution in [0, 0.1) is 0 Å². The summed E-state index contributed by atoms with van der Waals surface area (Å²) in [5.74, 6) is -1.44. The fraction of sp³-hybridized carbons (Fsp3) is 0.800. The van der Waals surface area contributed by atoms with E-state index in [9.17, 15) is 26.3 Å². The molecule has 0 saturated carbocycles. The van der Waals surface area contributed by atoms with E-state index in [1.807, 2.05) is 0 Å². The second kappa shape index (κ2) is 11.3. The molecule has 0 fully saturated rings. The topological polar surface area (TPSA) is 109 Å². The van der Waals surface area contributed by atoms with Crippen molar-refractivity contribution in [1.82, 2.24) is 15.0 Å². The first-order valence-corrected chi connectivity index (χ1v) is 8.91. The Morgan fingerprint density at radius 3 is 1.20 bits per heavy atom. The molecule has 0 aliphatic rings. The zero-order chi connectivity index (χ0) is 22.9. The molecule has 0 aliphatic heterocycles. The predicted molar refractivity (Wildman–Crippen MR) is 95.5 cm³/mol. The first-order chi connectivity index (χ1) is 13.9. The molecule has 1 heterocycles. The molecule has 0 bridgehead atoms. The zero-order valence-electron chi connectivity index (χ0n) is 16.2. The summed E-state index contributed by atoms with van der Waals surface area (Å²) in [7, 11) is 0. The monoisotopic (exact) mass is 450 g/mol. The number of alkyl halides is 6. The third-order valence-electron chi connectivity index (χ3n) is 3.68. The number of aromatic nitrogens is 3. The van der Waals surface area contributed by atoms with E-state index >= 15 is 0 Å². The molecule has 15 heteroatoms. The van der Waals surface area contributed by atoms with E-state index in [0.29, 0.717) is 9.80 Å². The normalized spacial score (nSPS) is 12.2.